The highest BCUT2D eigenvalue weighted by Gasteiger charge is 2.03. The number of rotatable bonds is 8. The molecule has 2 nitrogen and oxygen atoms in total. The van der Waals surface area contributed by atoms with E-state index in [2.05, 4.69) is 50.4 Å². The lowest BCUT2D eigenvalue weighted by molar-refractivity contribution is 0.217. The summed E-state index contributed by atoms with van der Waals surface area (Å²) in [5.74, 6) is 0.968. The van der Waals surface area contributed by atoms with Crippen molar-refractivity contribution in [3.05, 3.63) is 29.8 Å². The summed E-state index contributed by atoms with van der Waals surface area (Å²) in [4.78, 5) is 0. The minimum atomic E-state index is 0.221. The molecule has 2 heteroatoms. The van der Waals surface area contributed by atoms with Crippen molar-refractivity contribution in [2.45, 2.75) is 46.1 Å². The third-order valence-electron chi connectivity index (χ3n) is 2.66. The Bertz CT molecular complexity index is 294. The van der Waals surface area contributed by atoms with Gasteiger partial charge < -0.3 is 10.1 Å². The predicted molar refractivity (Wildman–Crippen MR) is 73.7 cm³/mol. The minimum absolute atomic E-state index is 0.221. The third kappa shape index (κ3) is 5.73. The summed E-state index contributed by atoms with van der Waals surface area (Å²) in [7, 11) is 0. The van der Waals surface area contributed by atoms with E-state index < -0.39 is 0 Å². The molecule has 0 aliphatic carbocycles. The van der Waals surface area contributed by atoms with Crippen LogP contribution < -0.4 is 10.1 Å². The number of nitrogens with one attached hydrogen (secondary N) is 1. The Balaban J connectivity index is 2.34. The molecule has 1 unspecified atom stereocenters. The van der Waals surface area contributed by atoms with Crippen LogP contribution in [0.4, 0.5) is 0 Å². The van der Waals surface area contributed by atoms with E-state index in [0.29, 0.717) is 0 Å². The van der Waals surface area contributed by atoms with E-state index in [9.17, 15) is 0 Å². The van der Waals surface area contributed by atoms with Gasteiger partial charge in [-0.05, 0) is 44.0 Å². The van der Waals surface area contributed by atoms with E-state index in [1.165, 1.54) is 18.4 Å². The van der Waals surface area contributed by atoms with Gasteiger partial charge in [-0.2, -0.15) is 0 Å². The molecule has 0 spiro atoms. The molecule has 0 aromatic heterocycles. The van der Waals surface area contributed by atoms with Crippen molar-refractivity contribution in [1.82, 2.24) is 5.32 Å². The Morgan fingerprint density at radius 1 is 1.12 bits per heavy atom. The number of ether oxygens (including phenoxy) is 1. The standard InChI is InChI=1S/C15H25NO/c1-4-6-14-7-9-15(10-8-14)17-13(3)12-16-11-5-2/h7-10,13,16H,4-6,11-12H2,1-3H3. The third-order valence-corrected chi connectivity index (χ3v) is 2.66. The van der Waals surface area contributed by atoms with Crippen LogP contribution in [0.5, 0.6) is 5.75 Å². The van der Waals surface area contributed by atoms with Gasteiger partial charge in [0, 0.05) is 6.54 Å². The quantitative estimate of drug-likeness (QED) is 0.697. The second-order valence-corrected chi connectivity index (χ2v) is 4.53. The van der Waals surface area contributed by atoms with Crippen LogP contribution in [0.1, 0.15) is 39.2 Å². The van der Waals surface area contributed by atoms with Gasteiger partial charge in [0.1, 0.15) is 11.9 Å². The summed E-state index contributed by atoms with van der Waals surface area (Å²) in [5, 5.41) is 3.36. The van der Waals surface area contributed by atoms with E-state index in [1.807, 2.05) is 0 Å². The molecule has 0 aliphatic heterocycles. The molecule has 0 aliphatic rings. The van der Waals surface area contributed by atoms with Crippen molar-refractivity contribution in [3.63, 3.8) is 0 Å². The van der Waals surface area contributed by atoms with Gasteiger partial charge in [-0.1, -0.05) is 32.4 Å². The fourth-order valence-electron chi connectivity index (χ4n) is 1.78. The predicted octanol–water partition coefficient (Wildman–Crippen LogP) is 3.41. The molecule has 17 heavy (non-hydrogen) atoms. The molecule has 0 saturated carbocycles. The SMILES string of the molecule is CCCNCC(C)Oc1ccc(CCC)cc1. The molecule has 1 N–H and O–H groups in total. The largest absolute Gasteiger partial charge is 0.489 e. The zero-order valence-electron chi connectivity index (χ0n) is 11.3. The zero-order valence-corrected chi connectivity index (χ0v) is 11.3. The molecule has 1 aromatic rings. The first kappa shape index (κ1) is 14.0. The average Bonchev–Trinajstić information content (AvgIpc) is 2.32. The van der Waals surface area contributed by atoms with Crippen LogP contribution in [0.2, 0.25) is 0 Å². The van der Waals surface area contributed by atoms with Crippen molar-refractivity contribution >= 4 is 0 Å². The maximum atomic E-state index is 5.83. The molecule has 1 aromatic carbocycles. The van der Waals surface area contributed by atoms with Gasteiger partial charge >= 0.3 is 0 Å². The van der Waals surface area contributed by atoms with Crippen molar-refractivity contribution < 1.29 is 4.74 Å². The van der Waals surface area contributed by atoms with E-state index in [0.717, 1.165) is 25.3 Å². The molecule has 0 saturated heterocycles. The molecule has 0 heterocycles. The van der Waals surface area contributed by atoms with Crippen molar-refractivity contribution in [2.75, 3.05) is 13.1 Å². The maximum absolute atomic E-state index is 5.83. The first-order valence-electron chi connectivity index (χ1n) is 6.72. The molecule has 1 atom stereocenters. The highest BCUT2D eigenvalue weighted by Crippen LogP contribution is 2.14. The summed E-state index contributed by atoms with van der Waals surface area (Å²) in [5.41, 5.74) is 1.39. The smallest absolute Gasteiger partial charge is 0.119 e. The van der Waals surface area contributed by atoms with Crippen molar-refractivity contribution in [3.8, 4) is 5.75 Å². The van der Waals surface area contributed by atoms with Gasteiger partial charge in [0.05, 0.1) is 0 Å². The first-order valence-corrected chi connectivity index (χ1v) is 6.72. The Morgan fingerprint density at radius 2 is 1.82 bits per heavy atom. The summed E-state index contributed by atoms with van der Waals surface area (Å²) < 4.78 is 5.83. The first-order chi connectivity index (χ1) is 8.26. The van der Waals surface area contributed by atoms with Gasteiger partial charge in [0.25, 0.3) is 0 Å². The highest BCUT2D eigenvalue weighted by atomic mass is 16.5. The maximum Gasteiger partial charge on any atom is 0.119 e. The summed E-state index contributed by atoms with van der Waals surface area (Å²) >= 11 is 0. The van der Waals surface area contributed by atoms with E-state index >= 15 is 0 Å². The summed E-state index contributed by atoms with van der Waals surface area (Å²) in [6, 6.07) is 8.46. The Kier molecular flexibility index (Phi) is 6.71. The molecule has 0 amide bonds. The van der Waals surface area contributed by atoms with Gasteiger partial charge in [-0.15, -0.1) is 0 Å². The van der Waals surface area contributed by atoms with Crippen LogP contribution in [0.25, 0.3) is 0 Å². The Hall–Kier alpha value is -1.02. The van der Waals surface area contributed by atoms with Crippen LogP contribution in [0.15, 0.2) is 24.3 Å². The van der Waals surface area contributed by atoms with Gasteiger partial charge in [0.2, 0.25) is 0 Å². The van der Waals surface area contributed by atoms with Gasteiger partial charge in [0.15, 0.2) is 0 Å². The van der Waals surface area contributed by atoms with Gasteiger partial charge in [-0.3, -0.25) is 0 Å². The average molecular weight is 235 g/mol. The lowest BCUT2D eigenvalue weighted by Gasteiger charge is -2.15. The molecule has 0 radical (unpaired) electrons. The zero-order chi connectivity index (χ0) is 12.5. The molecular formula is C15H25NO. The minimum Gasteiger partial charge on any atom is -0.489 e. The summed E-state index contributed by atoms with van der Waals surface area (Å²) in [6.45, 7) is 8.44. The van der Waals surface area contributed by atoms with Crippen LogP contribution in [-0.2, 0) is 6.42 Å². The van der Waals surface area contributed by atoms with Crippen LogP contribution in [-0.4, -0.2) is 19.2 Å². The van der Waals surface area contributed by atoms with E-state index in [1.54, 1.807) is 0 Å². The molecule has 1 rings (SSSR count). The summed E-state index contributed by atoms with van der Waals surface area (Å²) in [6.07, 6.45) is 3.72. The van der Waals surface area contributed by atoms with Crippen LogP contribution >= 0.6 is 0 Å². The van der Waals surface area contributed by atoms with Crippen molar-refractivity contribution in [1.29, 1.82) is 0 Å². The second kappa shape index (κ2) is 8.13. The fraction of sp³-hybridized carbons (Fsp3) is 0.600. The second-order valence-electron chi connectivity index (χ2n) is 4.53. The Morgan fingerprint density at radius 3 is 2.41 bits per heavy atom. The van der Waals surface area contributed by atoms with E-state index in [4.69, 9.17) is 4.74 Å². The number of benzene rings is 1. The fourth-order valence-corrected chi connectivity index (χ4v) is 1.78. The van der Waals surface area contributed by atoms with Crippen molar-refractivity contribution in [2.24, 2.45) is 0 Å². The Labute approximate surface area is 105 Å². The molecular weight excluding hydrogens is 210 g/mol. The van der Waals surface area contributed by atoms with Crippen LogP contribution in [0, 0.1) is 0 Å². The number of hydrogen-bond donors (Lipinski definition) is 1. The monoisotopic (exact) mass is 235 g/mol. The molecule has 96 valence electrons. The van der Waals surface area contributed by atoms with Crippen LogP contribution in [0.3, 0.4) is 0 Å². The molecule has 0 bridgehead atoms. The van der Waals surface area contributed by atoms with Gasteiger partial charge in [-0.25, -0.2) is 0 Å². The lowest BCUT2D eigenvalue weighted by Crippen LogP contribution is -2.29. The highest BCUT2D eigenvalue weighted by molar-refractivity contribution is 5.27. The lowest BCUT2D eigenvalue weighted by atomic mass is 10.1. The van der Waals surface area contributed by atoms with E-state index in [-0.39, 0.29) is 6.10 Å². The molecule has 0 fully saturated rings. The number of aryl methyl sites for hydroxylation is 1. The number of hydrogen-bond acceptors (Lipinski definition) is 2. The normalized spacial score (nSPS) is 12.4. The topological polar surface area (TPSA) is 21.3 Å².